The Hall–Kier alpha value is -1.95. The number of hydrogen-bond donors (Lipinski definition) is 2. The molecule has 2 N–H and O–H groups in total. The molecule has 1 aromatic carbocycles. The summed E-state index contributed by atoms with van der Waals surface area (Å²) >= 11 is 3.27. The van der Waals surface area contributed by atoms with Crippen LogP contribution < -0.4 is 10.6 Å². The minimum absolute atomic E-state index is 0.0735. The van der Waals surface area contributed by atoms with Crippen molar-refractivity contribution in [3.05, 3.63) is 52.4 Å². The van der Waals surface area contributed by atoms with Crippen molar-refractivity contribution in [2.75, 3.05) is 18.4 Å². The van der Waals surface area contributed by atoms with Crippen LogP contribution in [0.4, 0.5) is 5.82 Å². The molecule has 0 spiro atoms. The van der Waals surface area contributed by atoms with E-state index >= 15 is 0 Å². The number of rotatable bonds is 5. The Morgan fingerprint density at radius 2 is 1.95 bits per heavy atom. The molecule has 0 bridgehead atoms. The molecule has 6 heteroatoms. The van der Waals surface area contributed by atoms with Crippen LogP contribution in [-0.4, -0.2) is 29.0 Å². The summed E-state index contributed by atoms with van der Waals surface area (Å²) in [5.74, 6) is 0.645. The maximum Gasteiger partial charge on any atom is 0.251 e. The molecule has 0 saturated carbocycles. The van der Waals surface area contributed by atoms with Crippen molar-refractivity contribution in [2.45, 2.75) is 6.92 Å². The van der Waals surface area contributed by atoms with Crippen LogP contribution in [0.1, 0.15) is 15.9 Å². The lowest BCUT2D eigenvalue weighted by atomic mass is 10.1. The molecule has 0 saturated heterocycles. The Bertz CT molecular complexity index is 586. The quantitative estimate of drug-likeness (QED) is 0.650. The predicted octanol–water partition coefficient (Wildman–Crippen LogP) is 2.39. The van der Waals surface area contributed by atoms with Gasteiger partial charge in [-0.25, -0.2) is 9.97 Å². The van der Waals surface area contributed by atoms with Gasteiger partial charge in [0.15, 0.2) is 0 Å². The van der Waals surface area contributed by atoms with E-state index in [0.717, 1.165) is 16.0 Å². The largest absolute Gasteiger partial charge is 0.368 e. The average Bonchev–Trinajstić information content (AvgIpc) is 2.44. The van der Waals surface area contributed by atoms with E-state index < -0.39 is 0 Å². The lowest BCUT2D eigenvalue weighted by Gasteiger charge is -2.07. The summed E-state index contributed by atoms with van der Waals surface area (Å²) in [5, 5.41) is 5.95. The number of aryl methyl sites for hydroxylation is 1. The van der Waals surface area contributed by atoms with Crippen LogP contribution in [0.15, 0.2) is 41.3 Å². The van der Waals surface area contributed by atoms with E-state index in [9.17, 15) is 4.79 Å². The number of nitrogens with one attached hydrogen (secondary N) is 2. The first-order valence-corrected chi connectivity index (χ1v) is 7.01. The molecule has 1 amide bonds. The molecule has 5 nitrogen and oxygen atoms in total. The molecule has 1 aromatic heterocycles. The van der Waals surface area contributed by atoms with E-state index in [1.807, 2.05) is 31.2 Å². The number of halogens is 1. The average molecular weight is 335 g/mol. The Morgan fingerprint density at radius 1 is 1.20 bits per heavy atom. The first-order chi connectivity index (χ1) is 9.65. The third kappa shape index (κ3) is 4.31. The lowest BCUT2D eigenvalue weighted by molar-refractivity contribution is 0.0955. The normalized spacial score (nSPS) is 10.1. The zero-order valence-corrected chi connectivity index (χ0v) is 12.6. The molecule has 2 rings (SSSR count). The second-order valence-corrected chi connectivity index (χ2v) is 5.09. The summed E-state index contributed by atoms with van der Waals surface area (Å²) in [5.41, 5.74) is 1.80. The monoisotopic (exact) mass is 334 g/mol. The van der Waals surface area contributed by atoms with Crippen molar-refractivity contribution in [1.82, 2.24) is 15.3 Å². The van der Waals surface area contributed by atoms with E-state index in [1.165, 1.54) is 6.33 Å². The Kier molecular flexibility index (Phi) is 5.06. The minimum Gasteiger partial charge on any atom is -0.368 e. The summed E-state index contributed by atoms with van der Waals surface area (Å²) in [6.45, 7) is 3.11. The summed E-state index contributed by atoms with van der Waals surface area (Å²) in [6.07, 6.45) is 1.47. The van der Waals surface area contributed by atoms with Gasteiger partial charge in [0.05, 0.1) is 0 Å². The smallest absolute Gasteiger partial charge is 0.251 e. The minimum atomic E-state index is -0.0735. The Morgan fingerprint density at radius 3 is 2.65 bits per heavy atom. The standard InChI is InChI=1S/C14H15BrN4O/c1-10-2-4-11(5-3-10)14(20)17-7-6-16-13-8-12(15)18-9-19-13/h2-5,8-9H,6-7H2,1H3,(H,17,20)(H,16,18,19). The first-order valence-electron chi connectivity index (χ1n) is 6.21. The van der Waals surface area contributed by atoms with Crippen molar-refractivity contribution in [2.24, 2.45) is 0 Å². The number of anilines is 1. The van der Waals surface area contributed by atoms with Gasteiger partial charge >= 0.3 is 0 Å². The second-order valence-electron chi connectivity index (χ2n) is 4.27. The zero-order valence-electron chi connectivity index (χ0n) is 11.1. The number of hydrogen-bond acceptors (Lipinski definition) is 4. The lowest BCUT2D eigenvalue weighted by Crippen LogP contribution is -2.28. The number of amides is 1. The van der Waals surface area contributed by atoms with Crippen molar-refractivity contribution in [1.29, 1.82) is 0 Å². The number of benzene rings is 1. The van der Waals surface area contributed by atoms with Crippen molar-refractivity contribution in [3.63, 3.8) is 0 Å². The van der Waals surface area contributed by atoms with Gasteiger partial charge in [-0.2, -0.15) is 0 Å². The number of nitrogens with zero attached hydrogens (tertiary/aromatic N) is 2. The van der Waals surface area contributed by atoms with E-state index in [0.29, 0.717) is 18.7 Å². The summed E-state index contributed by atoms with van der Waals surface area (Å²) in [7, 11) is 0. The maximum absolute atomic E-state index is 11.8. The highest BCUT2D eigenvalue weighted by Gasteiger charge is 2.03. The Labute approximate surface area is 126 Å². The van der Waals surface area contributed by atoms with Crippen LogP contribution in [0, 0.1) is 6.92 Å². The molecule has 0 unspecified atom stereocenters. The van der Waals surface area contributed by atoms with Gasteiger partial charge in [0.1, 0.15) is 16.7 Å². The van der Waals surface area contributed by atoms with Crippen molar-refractivity contribution < 1.29 is 4.79 Å². The highest BCUT2D eigenvalue weighted by molar-refractivity contribution is 9.10. The number of carbonyl (C=O) groups excluding carboxylic acids is 1. The van der Waals surface area contributed by atoms with E-state index in [1.54, 1.807) is 6.07 Å². The van der Waals surface area contributed by atoms with Crippen LogP contribution in [-0.2, 0) is 0 Å². The van der Waals surface area contributed by atoms with Crippen LogP contribution in [0.5, 0.6) is 0 Å². The third-order valence-corrected chi connectivity index (χ3v) is 3.10. The summed E-state index contributed by atoms with van der Waals surface area (Å²) in [4.78, 5) is 19.8. The van der Waals surface area contributed by atoms with Gasteiger partial charge in [-0.1, -0.05) is 17.7 Å². The zero-order chi connectivity index (χ0) is 14.4. The van der Waals surface area contributed by atoms with Gasteiger partial charge in [-0.3, -0.25) is 4.79 Å². The van der Waals surface area contributed by atoms with Crippen molar-refractivity contribution in [3.8, 4) is 0 Å². The molecule has 104 valence electrons. The fourth-order valence-electron chi connectivity index (χ4n) is 1.60. The van der Waals surface area contributed by atoms with Crippen molar-refractivity contribution >= 4 is 27.7 Å². The van der Waals surface area contributed by atoms with Gasteiger partial charge in [-0.15, -0.1) is 0 Å². The molecule has 20 heavy (non-hydrogen) atoms. The van der Waals surface area contributed by atoms with E-state index in [4.69, 9.17) is 0 Å². The van der Waals surface area contributed by atoms with Crippen LogP contribution in [0.3, 0.4) is 0 Å². The number of carbonyl (C=O) groups is 1. The first kappa shape index (κ1) is 14.5. The highest BCUT2D eigenvalue weighted by Crippen LogP contribution is 2.08. The van der Waals surface area contributed by atoms with Crippen LogP contribution in [0.2, 0.25) is 0 Å². The molecule has 0 radical (unpaired) electrons. The molecule has 0 aliphatic rings. The molecule has 0 aliphatic heterocycles. The maximum atomic E-state index is 11.8. The van der Waals surface area contributed by atoms with E-state index in [2.05, 4.69) is 36.5 Å². The molecule has 0 atom stereocenters. The fourth-order valence-corrected chi connectivity index (χ4v) is 1.91. The van der Waals surface area contributed by atoms with Gasteiger partial charge < -0.3 is 10.6 Å². The van der Waals surface area contributed by atoms with Crippen LogP contribution >= 0.6 is 15.9 Å². The summed E-state index contributed by atoms with van der Waals surface area (Å²) in [6, 6.07) is 9.26. The Balaban J connectivity index is 1.76. The second kappa shape index (κ2) is 7.00. The fraction of sp³-hybridized carbons (Fsp3) is 0.214. The predicted molar refractivity (Wildman–Crippen MR) is 81.7 cm³/mol. The molecular weight excluding hydrogens is 320 g/mol. The van der Waals surface area contributed by atoms with Gasteiger partial charge in [-0.05, 0) is 35.0 Å². The highest BCUT2D eigenvalue weighted by atomic mass is 79.9. The molecular formula is C14H15BrN4O. The topological polar surface area (TPSA) is 66.9 Å². The molecule has 0 aliphatic carbocycles. The molecule has 0 fully saturated rings. The van der Waals surface area contributed by atoms with E-state index in [-0.39, 0.29) is 5.91 Å². The third-order valence-electron chi connectivity index (χ3n) is 2.66. The molecule has 1 heterocycles. The van der Waals surface area contributed by atoms with Gasteiger partial charge in [0, 0.05) is 24.7 Å². The summed E-state index contributed by atoms with van der Waals surface area (Å²) < 4.78 is 0.721. The van der Waals surface area contributed by atoms with Crippen LogP contribution in [0.25, 0.3) is 0 Å². The van der Waals surface area contributed by atoms with Gasteiger partial charge in [0.2, 0.25) is 0 Å². The number of aromatic nitrogens is 2. The van der Waals surface area contributed by atoms with Gasteiger partial charge in [0.25, 0.3) is 5.91 Å². The SMILES string of the molecule is Cc1ccc(C(=O)NCCNc2cc(Br)ncn2)cc1. The molecule has 2 aromatic rings.